The monoisotopic (exact) mass is 715 g/mol. The molecule has 9 aromatic carbocycles. The molecule has 12 rings (SSSR count). The second-order valence-electron chi connectivity index (χ2n) is 14.8. The summed E-state index contributed by atoms with van der Waals surface area (Å²) in [5.41, 5.74) is 15.1. The summed E-state index contributed by atoms with van der Waals surface area (Å²) >= 11 is 1.94. The van der Waals surface area contributed by atoms with Crippen molar-refractivity contribution in [3.05, 3.63) is 222 Å². The van der Waals surface area contributed by atoms with Gasteiger partial charge in [0.15, 0.2) is 0 Å². The van der Waals surface area contributed by atoms with Crippen molar-refractivity contribution in [3.63, 3.8) is 0 Å². The first-order valence-electron chi connectivity index (χ1n) is 19.0. The zero-order valence-corrected chi connectivity index (χ0v) is 30.7. The van der Waals surface area contributed by atoms with Crippen LogP contribution in [0.3, 0.4) is 0 Å². The summed E-state index contributed by atoms with van der Waals surface area (Å²) in [5, 5.41) is 6.29. The second-order valence-corrected chi connectivity index (χ2v) is 15.9. The predicted molar refractivity (Wildman–Crippen MR) is 233 cm³/mol. The molecule has 0 bridgehead atoms. The maximum absolute atomic E-state index is 2.40. The number of thiophene rings is 1. The van der Waals surface area contributed by atoms with Crippen molar-refractivity contribution in [1.82, 2.24) is 0 Å². The van der Waals surface area contributed by atoms with E-state index < -0.39 is 0 Å². The van der Waals surface area contributed by atoms with Crippen molar-refractivity contribution < 1.29 is 0 Å². The Morgan fingerprint density at radius 1 is 0.382 bits per heavy atom. The van der Waals surface area contributed by atoms with Gasteiger partial charge in [-0.1, -0.05) is 158 Å². The van der Waals surface area contributed by atoms with Crippen LogP contribution in [-0.2, 0) is 5.41 Å². The number of hydrogen-bond acceptors (Lipinski definition) is 2. The van der Waals surface area contributed by atoms with Gasteiger partial charge in [0.25, 0.3) is 0 Å². The molecule has 0 saturated carbocycles. The summed E-state index contributed by atoms with van der Waals surface area (Å²) < 4.78 is 1.35. The fourth-order valence-corrected chi connectivity index (χ4v) is 11.0. The molecule has 0 saturated heterocycles. The third kappa shape index (κ3) is 4.29. The normalized spacial score (nSPS) is 15.0. The minimum Gasteiger partial charge on any atom is -0.310 e. The highest BCUT2D eigenvalue weighted by Gasteiger charge is 2.53. The molecule has 0 radical (unpaired) electrons. The van der Waals surface area contributed by atoms with E-state index in [9.17, 15) is 0 Å². The van der Waals surface area contributed by atoms with Gasteiger partial charge < -0.3 is 4.90 Å². The highest BCUT2D eigenvalue weighted by Crippen LogP contribution is 2.66. The Morgan fingerprint density at radius 3 is 1.62 bits per heavy atom. The van der Waals surface area contributed by atoms with E-state index >= 15 is 0 Å². The van der Waals surface area contributed by atoms with Crippen molar-refractivity contribution >= 4 is 60.0 Å². The Hall–Kier alpha value is -6.74. The van der Waals surface area contributed by atoms with Crippen LogP contribution < -0.4 is 4.90 Å². The predicted octanol–water partition coefficient (Wildman–Crippen LogP) is 14.7. The largest absolute Gasteiger partial charge is 0.310 e. The van der Waals surface area contributed by atoms with Gasteiger partial charge in [0.2, 0.25) is 0 Å². The van der Waals surface area contributed by atoms with E-state index in [1.807, 2.05) is 11.3 Å². The van der Waals surface area contributed by atoms with E-state index in [0.717, 1.165) is 17.1 Å². The maximum Gasteiger partial charge on any atom is 0.0740 e. The smallest absolute Gasteiger partial charge is 0.0740 e. The molecule has 0 aliphatic heterocycles. The number of fused-ring (bicyclic) bond motifs is 14. The van der Waals surface area contributed by atoms with Crippen LogP contribution in [0.1, 0.15) is 22.3 Å². The quantitative estimate of drug-likeness (QED) is 0.175. The average molecular weight is 716 g/mol. The molecule has 2 heteroatoms. The lowest BCUT2D eigenvalue weighted by molar-refractivity contribution is 0.803. The first-order chi connectivity index (χ1) is 27.3. The molecule has 10 aromatic rings. The molecule has 1 nitrogen and oxygen atoms in total. The second kappa shape index (κ2) is 11.6. The maximum atomic E-state index is 2.40. The highest BCUT2D eigenvalue weighted by molar-refractivity contribution is 7.22. The third-order valence-electron chi connectivity index (χ3n) is 12.0. The third-order valence-corrected chi connectivity index (χ3v) is 13.2. The molecule has 0 fully saturated rings. The van der Waals surface area contributed by atoms with Crippen LogP contribution >= 0.6 is 11.3 Å². The molecule has 1 atom stereocenters. The van der Waals surface area contributed by atoms with E-state index in [-0.39, 0.29) is 5.41 Å². The first-order valence-corrected chi connectivity index (χ1v) is 19.8. The van der Waals surface area contributed by atoms with E-state index in [0.29, 0.717) is 0 Å². The SMILES string of the molecule is c1ccc2c(c1)-c1sc3ccccc3c1C21c2ccccc2-c2c(-c3ccc(N(c4ccc5ccccc5c4)c4ccc5ccccc5c4)cc3)cccc21. The van der Waals surface area contributed by atoms with Crippen molar-refractivity contribution in [1.29, 1.82) is 0 Å². The molecule has 1 aromatic heterocycles. The van der Waals surface area contributed by atoms with E-state index in [1.54, 1.807) is 0 Å². The molecule has 55 heavy (non-hydrogen) atoms. The van der Waals surface area contributed by atoms with Crippen LogP contribution in [0.5, 0.6) is 0 Å². The van der Waals surface area contributed by atoms with Gasteiger partial charge in [0.1, 0.15) is 0 Å². The average Bonchev–Trinajstić information content (AvgIpc) is 3.88. The minimum absolute atomic E-state index is 0.379. The summed E-state index contributed by atoms with van der Waals surface area (Å²) in [6.07, 6.45) is 0. The summed E-state index contributed by atoms with van der Waals surface area (Å²) in [6.45, 7) is 0. The van der Waals surface area contributed by atoms with Crippen molar-refractivity contribution in [2.75, 3.05) is 4.90 Å². The molecular formula is C53H33NS. The van der Waals surface area contributed by atoms with Gasteiger partial charge in [0.05, 0.1) is 5.41 Å². The summed E-state index contributed by atoms with van der Waals surface area (Å²) in [6, 6.07) is 74.3. The molecule has 1 spiro atoms. The van der Waals surface area contributed by atoms with Crippen LogP contribution in [0.25, 0.3) is 64.3 Å². The van der Waals surface area contributed by atoms with Crippen molar-refractivity contribution in [3.8, 4) is 32.7 Å². The lowest BCUT2D eigenvalue weighted by Crippen LogP contribution is -2.25. The molecule has 2 aliphatic carbocycles. The van der Waals surface area contributed by atoms with Crippen molar-refractivity contribution in [2.45, 2.75) is 5.41 Å². The van der Waals surface area contributed by atoms with Gasteiger partial charge in [-0.05, 0) is 119 Å². The fraction of sp³-hybridized carbons (Fsp3) is 0.0189. The van der Waals surface area contributed by atoms with Crippen LogP contribution in [0.2, 0.25) is 0 Å². The van der Waals surface area contributed by atoms with E-state index in [4.69, 9.17) is 0 Å². The standard InChI is InChI=1S/C53H33NS/c1-3-14-37-32-40(30-24-34(37)12-1)54(41-31-25-35-13-2-4-15-38(35)33-41)39-28-26-36(27-29-39)42-19-11-22-48-50(42)43-16-5-8-20-46(43)53(48)47-21-9-6-17-44(47)52-51(53)45-18-7-10-23-49(45)55-52/h1-33H. The van der Waals surface area contributed by atoms with E-state index in [1.165, 1.54) is 86.6 Å². The molecule has 2 aliphatic rings. The highest BCUT2D eigenvalue weighted by atomic mass is 32.1. The zero-order valence-electron chi connectivity index (χ0n) is 29.9. The Kier molecular flexibility index (Phi) is 6.49. The minimum atomic E-state index is -0.379. The van der Waals surface area contributed by atoms with Gasteiger partial charge in [0, 0.05) is 26.6 Å². The van der Waals surface area contributed by atoms with E-state index in [2.05, 4.69) is 205 Å². The van der Waals surface area contributed by atoms with Crippen LogP contribution in [0, 0.1) is 0 Å². The lowest BCUT2D eigenvalue weighted by Gasteiger charge is -2.30. The van der Waals surface area contributed by atoms with Crippen LogP contribution in [0.4, 0.5) is 17.1 Å². The molecule has 1 heterocycles. The van der Waals surface area contributed by atoms with Gasteiger partial charge in [-0.25, -0.2) is 0 Å². The summed E-state index contributed by atoms with van der Waals surface area (Å²) in [5.74, 6) is 0. The Bertz CT molecular complexity index is 3090. The van der Waals surface area contributed by atoms with Gasteiger partial charge in [-0.3, -0.25) is 0 Å². The molecular weight excluding hydrogens is 683 g/mol. The molecule has 0 N–H and O–H groups in total. The first kappa shape index (κ1) is 30.7. The molecule has 1 unspecified atom stereocenters. The van der Waals surface area contributed by atoms with Gasteiger partial charge in [-0.15, -0.1) is 11.3 Å². The van der Waals surface area contributed by atoms with Gasteiger partial charge >= 0.3 is 0 Å². The Balaban J connectivity index is 1.05. The zero-order chi connectivity index (χ0) is 36.1. The van der Waals surface area contributed by atoms with Crippen LogP contribution in [-0.4, -0.2) is 0 Å². The van der Waals surface area contributed by atoms with Crippen LogP contribution in [0.15, 0.2) is 200 Å². The fourth-order valence-electron chi connectivity index (χ4n) is 9.75. The molecule has 256 valence electrons. The van der Waals surface area contributed by atoms with Gasteiger partial charge in [-0.2, -0.15) is 0 Å². The Labute approximate surface area is 324 Å². The summed E-state index contributed by atoms with van der Waals surface area (Å²) in [7, 11) is 0. The Morgan fingerprint density at radius 2 is 0.909 bits per heavy atom. The number of rotatable bonds is 4. The number of hydrogen-bond donors (Lipinski definition) is 0. The lowest BCUT2D eigenvalue weighted by atomic mass is 9.70. The number of benzene rings is 9. The molecule has 0 amide bonds. The number of anilines is 3. The summed E-state index contributed by atoms with van der Waals surface area (Å²) in [4.78, 5) is 3.79. The topological polar surface area (TPSA) is 3.24 Å². The van der Waals surface area contributed by atoms with Crippen molar-refractivity contribution in [2.24, 2.45) is 0 Å². The number of nitrogens with zero attached hydrogens (tertiary/aromatic N) is 1.